The molecule has 9 heteroatoms. The lowest BCUT2D eigenvalue weighted by molar-refractivity contribution is -0.111. The van der Waals surface area contributed by atoms with Crippen molar-refractivity contribution in [2.75, 3.05) is 19.5 Å². The zero-order valence-corrected chi connectivity index (χ0v) is 18.7. The molecule has 32 heavy (non-hydrogen) atoms. The average molecular weight is 469 g/mol. The van der Waals surface area contributed by atoms with Crippen LogP contribution in [0.2, 0.25) is 10.0 Å². The van der Waals surface area contributed by atoms with Crippen molar-refractivity contribution in [3.63, 3.8) is 0 Å². The SMILES string of the molecule is COc1ccc(-n2nc3ccc(NC(=O)/C=C/c4cc(Cl)cc(Cl)c4OC)cc3n2)cc1. The van der Waals surface area contributed by atoms with Crippen LogP contribution in [0, 0.1) is 0 Å². The lowest BCUT2D eigenvalue weighted by atomic mass is 10.2. The third kappa shape index (κ3) is 4.69. The van der Waals surface area contributed by atoms with E-state index < -0.39 is 0 Å². The van der Waals surface area contributed by atoms with Crippen molar-refractivity contribution in [3.8, 4) is 17.2 Å². The highest BCUT2D eigenvalue weighted by Crippen LogP contribution is 2.33. The lowest BCUT2D eigenvalue weighted by Gasteiger charge is -2.08. The standard InChI is InChI=1S/C23H18Cl2N4O3/c1-31-18-7-5-17(6-8-18)29-27-20-9-4-16(13-21(20)28-29)26-22(30)10-3-14-11-15(24)12-19(25)23(14)32-2/h3-13H,1-2H3,(H,26,30)/b10-3+. The highest BCUT2D eigenvalue weighted by molar-refractivity contribution is 6.36. The molecule has 162 valence electrons. The van der Waals surface area contributed by atoms with E-state index in [2.05, 4.69) is 15.5 Å². The molecule has 4 rings (SSSR count). The van der Waals surface area contributed by atoms with Gasteiger partial charge in [0.25, 0.3) is 0 Å². The second kappa shape index (κ2) is 9.30. The van der Waals surface area contributed by atoms with Crippen molar-refractivity contribution in [2.45, 2.75) is 0 Å². The lowest BCUT2D eigenvalue weighted by Crippen LogP contribution is -2.07. The van der Waals surface area contributed by atoms with Gasteiger partial charge >= 0.3 is 0 Å². The van der Waals surface area contributed by atoms with Gasteiger partial charge in [-0.05, 0) is 60.7 Å². The predicted octanol–water partition coefficient (Wildman–Crippen LogP) is 5.40. The summed E-state index contributed by atoms with van der Waals surface area (Å²) in [5, 5.41) is 12.6. The maximum atomic E-state index is 12.4. The van der Waals surface area contributed by atoms with Gasteiger partial charge in [0.15, 0.2) is 0 Å². The summed E-state index contributed by atoms with van der Waals surface area (Å²) in [6.07, 6.45) is 2.97. The molecule has 0 saturated heterocycles. The Hall–Kier alpha value is -3.55. The molecular formula is C23H18Cl2N4O3. The second-order valence-corrected chi connectivity index (χ2v) is 7.57. The number of rotatable bonds is 6. The first-order valence-electron chi connectivity index (χ1n) is 9.50. The minimum Gasteiger partial charge on any atom is -0.497 e. The molecule has 7 nitrogen and oxygen atoms in total. The van der Waals surface area contributed by atoms with Gasteiger partial charge in [-0.3, -0.25) is 4.79 Å². The smallest absolute Gasteiger partial charge is 0.248 e. The number of anilines is 1. The van der Waals surface area contributed by atoms with Gasteiger partial charge in [-0.1, -0.05) is 23.2 Å². The maximum Gasteiger partial charge on any atom is 0.248 e. The molecule has 0 radical (unpaired) electrons. The molecule has 0 aliphatic rings. The van der Waals surface area contributed by atoms with Gasteiger partial charge in [-0.2, -0.15) is 4.80 Å². The first-order chi connectivity index (χ1) is 15.5. The summed E-state index contributed by atoms with van der Waals surface area (Å²) in [5.41, 5.74) is 3.33. The number of hydrogen-bond acceptors (Lipinski definition) is 5. The van der Waals surface area contributed by atoms with Gasteiger partial charge < -0.3 is 14.8 Å². The van der Waals surface area contributed by atoms with E-state index >= 15 is 0 Å². The number of carbonyl (C=O) groups excluding carboxylic acids is 1. The van der Waals surface area contributed by atoms with Gasteiger partial charge in [-0.25, -0.2) is 0 Å². The number of nitrogens with one attached hydrogen (secondary N) is 1. The molecule has 0 bridgehead atoms. The van der Waals surface area contributed by atoms with Crippen molar-refractivity contribution in [2.24, 2.45) is 0 Å². The van der Waals surface area contributed by atoms with Crippen LogP contribution in [-0.4, -0.2) is 35.1 Å². The Balaban J connectivity index is 1.52. The van der Waals surface area contributed by atoms with E-state index in [1.165, 1.54) is 18.0 Å². The van der Waals surface area contributed by atoms with Crippen LogP contribution >= 0.6 is 23.2 Å². The van der Waals surface area contributed by atoms with Crippen LogP contribution in [0.15, 0.2) is 60.7 Å². The molecule has 0 spiro atoms. The van der Waals surface area contributed by atoms with Gasteiger partial charge in [0, 0.05) is 22.3 Å². The summed E-state index contributed by atoms with van der Waals surface area (Å²) >= 11 is 12.2. The van der Waals surface area contributed by atoms with E-state index in [1.54, 1.807) is 43.5 Å². The van der Waals surface area contributed by atoms with Crippen molar-refractivity contribution in [1.82, 2.24) is 15.0 Å². The van der Waals surface area contributed by atoms with Crippen LogP contribution in [0.1, 0.15) is 5.56 Å². The first kappa shape index (κ1) is 21.7. The molecule has 0 aliphatic heterocycles. The molecule has 1 aromatic heterocycles. The highest BCUT2D eigenvalue weighted by Gasteiger charge is 2.09. The Bertz CT molecular complexity index is 1320. The summed E-state index contributed by atoms with van der Waals surface area (Å²) in [6.45, 7) is 0. The third-order valence-electron chi connectivity index (χ3n) is 4.61. The number of hydrogen-bond donors (Lipinski definition) is 1. The van der Waals surface area contributed by atoms with Crippen LogP contribution < -0.4 is 14.8 Å². The quantitative estimate of drug-likeness (QED) is 0.383. The molecule has 0 atom stereocenters. The summed E-state index contributed by atoms with van der Waals surface area (Å²) < 4.78 is 10.5. The Morgan fingerprint density at radius 1 is 0.969 bits per heavy atom. The first-order valence-corrected chi connectivity index (χ1v) is 10.3. The normalized spacial score (nSPS) is 11.1. The molecule has 1 heterocycles. The molecular weight excluding hydrogens is 451 g/mol. The molecule has 0 aliphatic carbocycles. The maximum absolute atomic E-state index is 12.4. The zero-order valence-electron chi connectivity index (χ0n) is 17.2. The largest absolute Gasteiger partial charge is 0.497 e. The van der Waals surface area contributed by atoms with Gasteiger partial charge in [-0.15, -0.1) is 10.2 Å². The second-order valence-electron chi connectivity index (χ2n) is 6.72. The fourth-order valence-electron chi connectivity index (χ4n) is 3.09. The van der Waals surface area contributed by atoms with Crippen molar-refractivity contribution >= 4 is 51.9 Å². The fourth-order valence-corrected chi connectivity index (χ4v) is 3.68. The van der Waals surface area contributed by atoms with Gasteiger partial charge in [0.2, 0.25) is 5.91 Å². The number of halogens is 2. The number of benzene rings is 3. The van der Waals surface area contributed by atoms with Gasteiger partial charge in [0.1, 0.15) is 22.5 Å². The fraction of sp³-hybridized carbons (Fsp3) is 0.0870. The summed E-state index contributed by atoms with van der Waals surface area (Å²) in [7, 11) is 3.11. The van der Waals surface area contributed by atoms with Crippen LogP contribution in [0.25, 0.3) is 22.8 Å². The summed E-state index contributed by atoms with van der Waals surface area (Å²) in [4.78, 5) is 14.0. The monoisotopic (exact) mass is 468 g/mol. The Morgan fingerprint density at radius 2 is 1.72 bits per heavy atom. The minimum atomic E-state index is -0.329. The molecule has 0 fully saturated rings. The minimum absolute atomic E-state index is 0.329. The van der Waals surface area contributed by atoms with Gasteiger partial charge in [0.05, 0.1) is 24.9 Å². The van der Waals surface area contributed by atoms with E-state index in [4.69, 9.17) is 32.7 Å². The molecule has 0 saturated carbocycles. The van der Waals surface area contributed by atoms with E-state index in [1.807, 2.05) is 24.3 Å². The average Bonchev–Trinajstić information content (AvgIpc) is 3.21. The Kier molecular flexibility index (Phi) is 6.30. The molecule has 3 aromatic carbocycles. The predicted molar refractivity (Wildman–Crippen MR) is 126 cm³/mol. The van der Waals surface area contributed by atoms with Crippen LogP contribution in [0.3, 0.4) is 0 Å². The highest BCUT2D eigenvalue weighted by atomic mass is 35.5. The zero-order chi connectivity index (χ0) is 22.7. The van der Waals surface area contributed by atoms with E-state index in [9.17, 15) is 4.79 Å². The van der Waals surface area contributed by atoms with E-state index in [0.717, 1.165) is 11.4 Å². The third-order valence-corrected chi connectivity index (χ3v) is 5.11. The Morgan fingerprint density at radius 3 is 2.44 bits per heavy atom. The van der Waals surface area contributed by atoms with E-state index in [0.29, 0.717) is 38.1 Å². The number of methoxy groups -OCH3 is 2. The number of ether oxygens (including phenoxy) is 2. The number of carbonyl (C=O) groups is 1. The van der Waals surface area contributed by atoms with Crippen LogP contribution in [0.5, 0.6) is 11.5 Å². The number of aromatic nitrogens is 3. The molecule has 1 N–H and O–H groups in total. The number of amides is 1. The van der Waals surface area contributed by atoms with E-state index in [-0.39, 0.29) is 5.91 Å². The van der Waals surface area contributed by atoms with Crippen molar-refractivity contribution in [1.29, 1.82) is 0 Å². The summed E-state index contributed by atoms with van der Waals surface area (Å²) in [6, 6.07) is 16.0. The number of nitrogens with zero attached hydrogens (tertiary/aromatic N) is 3. The van der Waals surface area contributed by atoms with Crippen LogP contribution in [-0.2, 0) is 4.79 Å². The van der Waals surface area contributed by atoms with Crippen LogP contribution in [0.4, 0.5) is 5.69 Å². The topological polar surface area (TPSA) is 78.3 Å². The van der Waals surface area contributed by atoms with Crippen molar-refractivity contribution in [3.05, 3.63) is 76.3 Å². The number of fused-ring (bicyclic) bond motifs is 1. The van der Waals surface area contributed by atoms with Crippen molar-refractivity contribution < 1.29 is 14.3 Å². The molecule has 1 amide bonds. The molecule has 4 aromatic rings. The Labute approximate surface area is 194 Å². The summed E-state index contributed by atoms with van der Waals surface area (Å²) in [5.74, 6) is 0.864. The molecule has 0 unspecified atom stereocenters.